The summed E-state index contributed by atoms with van der Waals surface area (Å²) in [5, 5.41) is 12.5. The molecule has 0 aliphatic rings. The van der Waals surface area contributed by atoms with Gasteiger partial charge in [-0.05, 0) is 36.8 Å². The van der Waals surface area contributed by atoms with Crippen LogP contribution >= 0.6 is 0 Å². The molecule has 16 heavy (non-hydrogen) atoms. The summed E-state index contributed by atoms with van der Waals surface area (Å²) in [6, 6.07) is 11.3. The van der Waals surface area contributed by atoms with Gasteiger partial charge in [0.1, 0.15) is 5.75 Å². The van der Waals surface area contributed by atoms with Crippen molar-refractivity contribution in [3.63, 3.8) is 0 Å². The number of phenols is 1. The number of hydrogen-bond acceptors (Lipinski definition) is 3. The fraction of sp³-hybridized carbons (Fsp3) is 0.154. The molecular formula is C13H14N2O. The number of benzene rings is 1. The number of aromatic nitrogens is 1. The van der Waals surface area contributed by atoms with Crippen molar-refractivity contribution in [3.05, 3.63) is 54.4 Å². The number of anilines is 1. The zero-order chi connectivity index (χ0) is 11.4. The van der Waals surface area contributed by atoms with Gasteiger partial charge in [0.25, 0.3) is 0 Å². The van der Waals surface area contributed by atoms with E-state index in [-0.39, 0.29) is 11.8 Å². The van der Waals surface area contributed by atoms with Gasteiger partial charge >= 0.3 is 0 Å². The van der Waals surface area contributed by atoms with Gasteiger partial charge in [-0.2, -0.15) is 0 Å². The summed E-state index contributed by atoms with van der Waals surface area (Å²) in [6.45, 7) is 2.07. The lowest BCUT2D eigenvalue weighted by molar-refractivity contribution is 0.475. The van der Waals surface area contributed by atoms with Crippen molar-refractivity contribution in [2.45, 2.75) is 13.0 Å². The minimum atomic E-state index is 0.185. The Balaban J connectivity index is 2.09. The highest BCUT2D eigenvalue weighted by Crippen LogP contribution is 2.20. The number of phenolic OH excluding ortho intramolecular Hbond substituents is 1. The number of hydrogen-bond donors (Lipinski definition) is 2. The molecular weight excluding hydrogens is 200 g/mol. The summed E-state index contributed by atoms with van der Waals surface area (Å²) < 4.78 is 0. The molecule has 1 aromatic heterocycles. The van der Waals surface area contributed by atoms with E-state index in [1.807, 2.05) is 24.3 Å². The third-order valence-electron chi connectivity index (χ3n) is 2.44. The topological polar surface area (TPSA) is 45.2 Å². The van der Waals surface area contributed by atoms with Gasteiger partial charge in [-0.3, -0.25) is 4.98 Å². The van der Waals surface area contributed by atoms with Crippen LogP contribution in [-0.4, -0.2) is 10.1 Å². The van der Waals surface area contributed by atoms with Gasteiger partial charge in [0.2, 0.25) is 0 Å². The summed E-state index contributed by atoms with van der Waals surface area (Å²) in [7, 11) is 0. The van der Waals surface area contributed by atoms with Crippen molar-refractivity contribution < 1.29 is 5.11 Å². The Morgan fingerprint density at radius 2 is 1.94 bits per heavy atom. The van der Waals surface area contributed by atoms with Crippen LogP contribution in [0.3, 0.4) is 0 Å². The maximum atomic E-state index is 9.20. The zero-order valence-electron chi connectivity index (χ0n) is 9.09. The van der Waals surface area contributed by atoms with Gasteiger partial charge in [-0.25, -0.2) is 0 Å². The van der Waals surface area contributed by atoms with Crippen molar-refractivity contribution in [1.82, 2.24) is 4.98 Å². The molecule has 1 atom stereocenters. The molecule has 82 valence electrons. The first-order valence-electron chi connectivity index (χ1n) is 5.21. The quantitative estimate of drug-likeness (QED) is 0.825. The molecule has 0 radical (unpaired) electrons. The van der Waals surface area contributed by atoms with E-state index < -0.39 is 0 Å². The molecule has 1 heterocycles. The van der Waals surface area contributed by atoms with E-state index in [0.29, 0.717) is 0 Å². The Morgan fingerprint density at radius 3 is 2.56 bits per heavy atom. The predicted octanol–water partition coefficient (Wildman–Crippen LogP) is 2.96. The van der Waals surface area contributed by atoms with Crippen LogP contribution in [0.5, 0.6) is 5.75 Å². The SMILES string of the molecule is CC(Nc1cccnc1)c1ccc(O)cc1. The molecule has 1 unspecified atom stereocenters. The highest BCUT2D eigenvalue weighted by atomic mass is 16.3. The normalized spacial score (nSPS) is 12.1. The first-order valence-corrected chi connectivity index (χ1v) is 5.21. The maximum absolute atomic E-state index is 9.20. The Hall–Kier alpha value is -2.03. The Morgan fingerprint density at radius 1 is 1.19 bits per heavy atom. The molecule has 0 fully saturated rings. The second-order valence-corrected chi connectivity index (χ2v) is 3.70. The van der Waals surface area contributed by atoms with E-state index in [4.69, 9.17) is 0 Å². The lowest BCUT2D eigenvalue weighted by Gasteiger charge is -2.15. The van der Waals surface area contributed by atoms with Crippen LogP contribution < -0.4 is 5.32 Å². The largest absolute Gasteiger partial charge is 0.508 e. The molecule has 0 aliphatic carbocycles. The van der Waals surface area contributed by atoms with Crippen molar-refractivity contribution in [3.8, 4) is 5.75 Å². The van der Waals surface area contributed by atoms with Crippen molar-refractivity contribution >= 4 is 5.69 Å². The lowest BCUT2D eigenvalue weighted by atomic mass is 10.1. The van der Waals surface area contributed by atoms with E-state index in [9.17, 15) is 5.11 Å². The van der Waals surface area contributed by atoms with E-state index in [1.54, 1.807) is 24.5 Å². The Kier molecular flexibility index (Phi) is 3.05. The van der Waals surface area contributed by atoms with Crippen molar-refractivity contribution in [2.24, 2.45) is 0 Å². The molecule has 0 aliphatic heterocycles. The van der Waals surface area contributed by atoms with Crippen molar-refractivity contribution in [2.75, 3.05) is 5.32 Å². The van der Waals surface area contributed by atoms with Gasteiger partial charge in [0.15, 0.2) is 0 Å². The average Bonchev–Trinajstić information content (AvgIpc) is 2.31. The Bertz CT molecular complexity index is 439. The summed E-state index contributed by atoms with van der Waals surface area (Å²) in [6.07, 6.45) is 3.54. The molecule has 2 aromatic rings. The molecule has 3 heteroatoms. The third-order valence-corrected chi connectivity index (χ3v) is 2.44. The standard InChI is InChI=1S/C13H14N2O/c1-10(11-4-6-13(16)7-5-11)15-12-3-2-8-14-9-12/h2-10,15-16H,1H3. The molecule has 1 aromatic carbocycles. The number of pyridine rings is 1. The van der Waals surface area contributed by atoms with Gasteiger partial charge in [-0.15, -0.1) is 0 Å². The van der Waals surface area contributed by atoms with E-state index in [1.165, 1.54) is 0 Å². The predicted molar refractivity (Wildman–Crippen MR) is 64.4 cm³/mol. The first kappa shape index (κ1) is 10.5. The second-order valence-electron chi connectivity index (χ2n) is 3.70. The molecule has 0 saturated heterocycles. The second kappa shape index (κ2) is 4.66. The van der Waals surface area contributed by atoms with Crippen LogP contribution in [-0.2, 0) is 0 Å². The fourth-order valence-corrected chi connectivity index (χ4v) is 1.54. The molecule has 3 nitrogen and oxygen atoms in total. The summed E-state index contributed by atoms with van der Waals surface area (Å²) in [5.41, 5.74) is 2.12. The average molecular weight is 214 g/mol. The number of nitrogens with one attached hydrogen (secondary N) is 1. The van der Waals surface area contributed by atoms with Crippen molar-refractivity contribution in [1.29, 1.82) is 0 Å². The van der Waals surface area contributed by atoms with Crippen LogP contribution in [0.15, 0.2) is 48.8 Å². The van der Waals surface area contributed by atoms with Gasteiger partial charge < -0.3 is 10.4 Å². The fourth-order valence-electron chi connectivity index (χ4n) is 1.54. The highest BCUT2D eigenvalue weighted by Gasteiger charge is 2.04. The van der Waals surface area contributed by atoms with E-state index >= 15 is 0 Å². The number of rotatable bonds is 3. The minimum absolute atomic E-state index is 0.185. The first-order chi connectivity index (χ1) is 7.75. The lowest BCUT2D eigenvalue weighted by Crippen LogP contribution is -2.06. The zero-order valence-corrected chi connectivity index (χ0v) is 9.09. The summed E-state index contributed by atoms with van der Waals surface area (Å²) >= 11 is 0. The molecule has 0 amide bonds. The maximum Gasteiger partial charge on any atom is 0.115 e. The summed E-state index contributed by atoms with van der Waals surface area (Å²) in [5.74, 6) is 0.289. The minimum Gasteiger partial charge on any atom is -0.508 e. The van der Waals surface area contributed by atoms with Crippen LogP contribution in [0, 0.1) is 0 Å². The number of aromatic hydroxyl groups is 1. The van der Waals surface area contributed by atoms with E-state index in [2.05, 4.69) is 17.2 Å². The molecule has 0 bridgehead atoms. The summed E-state index contributed by atoms with van der Waals surface area (Å²) in [4.78, 5) is 4.04. The van der Waals surface area contributed by atoms with Gasteiger partial charge in [0, 0.05) is 18.4 Å². The van der Waals surface area contributed by atoms with Crippen LogP contribution in [0.2, 0.25) is 0 Å². The van der Waals surface area contributed by atoms with Crippen LogP contribution in [0.25, 0.3) is 0 Å². The number of nitrogens with zero attached hydrogens (tertiary/aromatic N) is 1. The Labute approximate surface area is 94.8 Å². The van der Waals surface area contributed by atoms with Crippen LogP contribution in [0.4, 0.5) is 5.69 Å². The molecule has 2 rings (SSSR count). The highest BCUT2D eigenvalue weighted by molar-refractivity contribution is 5.43. The molecule has 0 saturated carbocycles. The molecule has 2 N–H and O–H groups in total. The van der Waals surface area contributed by atoms with Gasteiger partial charge in [0.05, 0.1) is 5.69 Å². The smallest absolute Gasteiger partial charge is 0.115 e. The van der Waals surface area contributed by atoms with Gasteiger partial charge in [-0.1, -0.05) is 12.1 Å². The third kappa shape index (κ3) is 2.51. The molecule has 0 spiro atoms. The van der Waals surface area contributed by atoms with Crippen LogP contribution in [0.1, 0.15) is 18.5 Å². The van der Waals surface area contributed by atoms with E-state index in [0.717, 1.165) is 11.3 Å². The monoisotopic (exact) mass is 214 g/mol.